The van der Waals surface area contributed by atoms with Crippen molar-refractivity contribution in [3.05, 3.63) is 12.2 Å². The molecule has 22 heavy (non-hydrogen) atoms. The number of ether oxygens (including phenoxy) is 1. The second kappa shape index (κ2) is 10.5. The number of hydrogen-bond acceptors (Lipinski definition) is 1. The van der Waals surface area contributed by atoms with Gasteiger partial charge in [-0.3, -0.25) is 0 Å². The van der Waals surface area contributed by atoms with Gasteiger partial charge in [-0.05, 0) is 82.5 Å². The molecule has 0 unspecified atom stereocenters. The van der Waals surface area contributed by atoms with E-state index < -0.39 is 0 Å². The maximum atomic E-state index is 5.94. The van der Waals surface area contributed by atoms with E-state index in [9.17, 15) is 0 Å². The van der Waals surface area contributed by atoms with Gasteiger partial charge in [0, 0.05) is 6.61 Å². The van der Waals surface area contributed by atoms with E-state index in [0.717, 1.165) is 30.8 Å². The minimum Gasteiger partial charge on any atom is -0.378 e. The monoisotopic (exact) mass is 306 g/mol. The molecule has 0 aromatic rings. The quantitative estimate of drug-likeness (QED) is 0.366. The van der Waals surface area contributed by atoms with Crippen molar-refractivity contribution in [1.82, 2.24) is 0 Å². The van der Waals surface area contributed by atoms with E-state index in [-0.39, 0.29) is 0 Å². The van der Waals surface area contributed by atoms with Crippen molar-refractivity contribution in [3.63, 3.8) is 0 Å². The van der Waals surface area contributed by atoms with E-state index in [1.807, 2.05) is 0 Å². The Hall–Kier alpha value is -0.300. The lowest BCUT2D eigenvalue weighted by Gasteiger charge is -2.37. The second-order valence-corrected chi connectivity index (χ2v) is 7.69. The van der Waals surface area contributed by atoms with Crippen LogP contribution in [-0.2, 0) is 4.74 Å². The Morgan fingerprint density at radius 3 is 2.14 bits per heavy atom. The van der Waals surface area contributed by atoms with Crippen molar-refractivity contribution >= 4 is 0 Å². The normalized spacial score (nSPS) is 33.4. The Balaban J connectivity index is 1.59. The molecule has 2 aliphatic rings. The zero-order chi connectivity index (χ0) is 15.6. The third kappa shape index (κ3) is 6.07. The molecule has 0 aromatic heterocycles. The maximum absolute atomic E-state index is 5.94. The predicted octanol–water partition coefficient (Wildman–Crippen LogP) is 6.52. The Kier molecular flexibility index (Phi) is 8.59. The fourth-order valence-electron chi connectivity index (χ4n) is 4.65. The Morgan fingerprint density at radius 1 is 0.909 bits per heavy atom. The highest BCUT2D eigenvalue weighted by Gasteiger charge is 2.30. The Morgan fingerprint density at radius 2 is 1.55 bits per heavy atom. The van der Waals surface area contributed by atoms with Gasteiger partial charge < -0.3 is 4.74 Å². The molecule has 0 heterocycles. The smallest absolute Gasteiger partial charge is 0.0575 e. The molecule has 128 valence electrons. The van der Waals surface area contributed by atoms with Crippen molar-refractivity contribution < 1.29 is 4.74 Å². The van der Waals surface area contributed by atoms with Crippen molar-refractivity contribution in [1.29, 1.82) is 0 Å². The van der Waals surface area contributed by atoms with E-state index in [1.54, 1.807) is 0 Å². The molecule has 0 atom stereocenters. The van der Waals surface area contributed by atoms with Gasteiger partial charge in [-0.1, -0.05) is 38.3 Å². The number of allylic oxidation sites excluding steroid dienone is 2. The van der Waals surface area contributed by atoms with Crippen molar-refractivity contribution in [2.75, 3.05) is 6.61 Å². The average Bonchev–Trinajstić information content (AvgIpc) is 2.58. The Labute approximate surface area is 138 Å². The molecular weight excluding hydrogens is 268 g/mol. The highest BCUT2D eigenvalue weighted by molar-refractivity contribution is 4.83. The van der Waals surface area contributed by atoms with Crippen LogP contribution in [0, 0.1) is 17.8 Å². The van der Waals surface area contributed by atoms with Crippen LogP contribution in [0.5, 0.6) is 0 Å². The largest absolute Gasteiger partial charge is 0.378 e. The summed E-state index contributed by atoms with van der Waals surface area (Å²) >= 11 is 0. The molecule has 0 amide bonds. The highest BCUT2D eigenvalue weighted by atomic mass is 16.5. The van der Waals surface area contributed by atoms with Gasteiger partial charge in [0.05, 0.1) is 6.10 Å². The van der Waals surface area contributed by atoms with Gasteiger partial charge in [0.15, 0.2) is 0 Å². The summed E-state index contributed by atoms with van der Waals surface area (Å²) in [7, 11) is 0. The topological polar surface area (TPSA) is 9.23 Å². The maximum Gasteiger partial charge on any atom is 0.0575 e. The highest BCUT2D eigenvalue weighted by Crippen LogP contribution is 2.41. The molecule has 2 aliphatic carbocycles. The molecule has 0 aromatic carbocycles. The summed E-state index contributed by atoms with van der Waals surface area (Å²) in [4.78, 5) is 0. The SMILES string of the molecule is C/C=C\CCC[C@H]1CC[C@H]([C@H]2CC[C@H](OCCC)CC2)CC1. The summed E-state index contributed by atoms with van der Waals surface area (Å²) in [6.45, 7) is 5.31. The van der Waals surface area contributed by atoms with Crippen LogP contribution in [0.25, 0.3) is 0 Å². The van der Waals surface area contributed by atoms with E-state index >= 15 is 0 Å². The average molecular weight is 307 g/mol. The molecule has 1 heteroatoms. The van der Waals surface area contributed by atoms with Crippen LogP contribution in [0.15, 0.2) is 12.2 Å². The first kappa shape index (κ1) is 18.0. The van der Waals surface area contributed by atoms with Crippen molar-refractivity contribution in [2.45, 2.75) is 97.0 Å². The van der Waals surface area contributed by atoms with E-state index in [0.29, 0.717) is 6.10 Å². The summed E-state index contributed by atoms with van der Waals surface area (Å²) in [6, 6.07) is 0. The van der Waals surface area contributed by atoms with Crippen LogP contribution in [0.3, 0.4) is 0 Å². The molecule has 0 bridgehead atoms. The molecule has 2 saturated carbocycles. The lowest BCUT2D eigenvalue weighted by molar-refractivity contribution is 0.00727. The fraction of sp³-hybridized carbons (Fsp3) is 0.905. The fourth-order valence-corrected chi connectivity index (χ4v) is 4.65. The first-order valence-electron chi connectivity index (χ1n) is 10.1. The zero-order valence-electron chi connectivity index (χ0n) is 15.1. The zero-order valence-corrected chi connectivity index (χ0v) is 15.1. The lowest BCUT2D eigenvalue weighted by atomic mass is 9.70. The third-order valence-electron chi connectivity index (χ3n) is 6.05. The molecule has 1 nitrogen and oxygen atoms in total. The molecule has 0 aliphatic heterocycles. The van der Waals surface area contributed by atoms with E-state index in [2.05, 4.69) is 26.0 Å². The first-order valence-corrected chi connectivity index (χ1v) is 10.1. The van der Waals surface area contributed by atoms with Gasteiger partial charge in [0.25, 0.3) is 0 Å². The summed E-state index contributed by atoms with van der Waals surface area (Å²) < 4.78 is 5.94. The van der Waals surface area contributed by atoms with E-state index in [4.69, 9.17) is 4.74 Å². The minimum absolute atomic E-state index is 0.583. The molecule has 0 spiro atoms. The predicted molar refractivity (Wildman–Crippen MR) is 96.1 cm³/mol. The van der Waals surface area contributed by atoms with Crippen LogP contribution in [-0.4, -0.2) is 12.7 Å². The number of rotatable bonds is 8. The second-order valence-electron chi connectivity index (χ2n) is 7.69. The van der Waals surface area contributed by atoms with Gasteiger partial charge >= 0.3 is 0 Å². The number of unbranched alkanes of at least 4 members (excludes halogenated alkanes) is 1. The summed E-state index contributed by atoms with van der Waals surface area (Å²) in [5, 5.41) is 0. The van der Waals surface area contributed by atoms with Gasteiger partial charge in [0.1, 0.15) is 0 Å². The van der Waals surface area contributed by atoms with E-state index in [1.165, 1.54) is 70.6 Å². The molecule has 2 fully saturated rings. The summed E-state index contributed by atoms with van der Waals surface area (Å²) in [5.74, 6) is 3.09. The first-order chi connectivity index (χ1) is 10.8. The van der Waals surface area contributed by atoms with Crippen LogP contribution < -0.4 is 0 Å². The molecule has 2 rings (SSSR count). The summed E-state index contributed by atoms with van der Waals surface area (Å²) in [6.07, 6.45) is 22.0. The van der Waals surface area contributed by atoms with Gasteiger partial charge in [0.2, 0.25) is 0 Å². The van der Waals surface area contributed by atoms with Crippen molar-refractivity contribution in [3.8, 4) is 0 Å². The number of hydrogen-bond donors (Lipinski definition) is 0. The van der Waals surface area contributed by atoms with Gasteiger partial charge in [-0.25, -0.2) is 0 Å². The minimum atomic E-state index is 0.583. The van der Waals surface area contributed by atoms with Crippen LogP contribution >= 0.6 is 0 Å². The summed E-state index contributed by atoms with van der Waals surface area (Å²) in [5.41, 5.74) is 0. The third-order valence-corrected chi connectivity index (χ3v) is 6.05. The van der Waals surface area contributed by atoms with Gasteiger partial charge in [-0.15, -0.1) is 0 Å². The van der Waals surface area contributed by atoms with Crippen LogP contribution in [0.2, 0.25) is 0 Å². The van der Waals surface area contributed by atoms with Crippen LogP contribution in [0.1, 0.15) is 90.9 Å². The molecule has 0 saturated heterocycles. The lowest BCUT2D eigenvalue weighted by Crippen LogP contribution is -2.28. The molecule has 0 N–H and O–H groups in total. The van der Waals surface area contributed by atoms with Gasteiger partial charge in [-0.2, -0.15) is 0 Å². The standard InChI is InChI=1S/C21H38O/c1-3-5-6-7-8-18-9-11-19(12-10-18)20-13-15-21(16-14-20)22-17-4-2/h3,5,18-21H,4,6-17H2,1-2H3/b5-3-/t18-,19-,20-,21-. The molecular formula is C21H38O. The molecule has 0 radical (unpaired) electrons. The van der Waals surface area contributed by atoms with Crippen molar-refractivity contribution in [2.24, 2.45) is 17.8 Å². The van der Waals surface area contributed by atoms with Crippen LogP contribution in [0.4, 0.5) is 0 Å². The Bertz CT molecular complexity index is 293.